The van der Waals surface area contributed by atoms with Gasteiger partial charge in [-0.3, -0.25) is 4.90 Å². The Hall–Kier alpha value is -0.810. The predicted octanol–water partition coefficient (Wildman–Crippen LogP) is 2.10. The van der Waals surface area contributed by atoms with Crippen molar-refractivity contribution in [3.63, 3.8) is 0 Å². The Morgan fingerprint density at radius 2 is 2.11 bits per heavy atom. The monoisotopic (exact) mass is 310 g/mol. The number of nitrogen functional groups attached to an aromatic ring is 1. The smallest absolute Gasteiger partial charge is 0.143 e. The minimum atomic E-state index is 0.707. The zero-order valence-corrected chi connectivity index (χ0v) is 12.1. The summed E-state index contributed by atoms with van der Waals surface area (Å²) < 4.78 is 1.01. The molecule has 2 N–H and O–H groups in total. The lowest BCUT2D eigenvalue weighted by Gasteiger charge is -2.27. The molecule has 0 aromatic carbocycles. The van der Waals surface area contributed by atoms with Crippen LogP contribution in [0.4, 0.5) is 11.5 Å². The molecule has 1 aromatic rings. The van der Waals surface area contributed by atoms with Gasteiger partial charge in [-0.25, -0.2) is 4.98 Å². The summed E-state index contributed by atoms with van der Waals surface area (Å²) in [6.45, 7) is 4.68. The van der Waals surface area contributed by atoms with Crippen LogP contribution in [0, 0.1) is 0 Å². The van der Waals surface area contributed by atoms with Gasteiger partial charge in [0.15, 0.2) is 0 Å². The molecule has 2 saturated heterocycles. The van der Waals surface area contributed by atoms with Crippen LogP contribution in [0.3, 0.4) is 0 Å². The second kappa shape index (κ2) is 5.05. The van der Waals surface area contributed by atoms with Gasteiger partial charge >= 0.3 is 0 Å². The summed E-state index contributed by atoms with van der Waals surface area (Å²) in [6.07, 6.45) is 5.63. The molecule has 0 radical (unpaired) electrons. The Bertz CT molecular complexity index is 437. The number of pyridine rings is 1. The highest BCUT2D eigenvalue weighted by Gasteiger charge is 2.29. The maximum absolute atomic E-state index is 5.75. The molecule has 2 fully saturated rings. The highest BCUT2D eigenvalue weighted by Crippen LogP contribution is 2.29. The quantitative estimate of drug-likeness (QED) is 0.863. The third-order valence-electron chi connectivity index (χ3n) is 3.95. The van der Waals surface area contributed by atoms with Crippen LogP contribution in [-0.2, 0) is 0 Å². The number of anilines is 2. The van der Waals surface area contributed by atoms with Gasteiger partial charge in [0.25, 0.3) is 0 Å². The zero-order chi connectivity index (χ0) is 12.5. The van der Waals surface area contributed by atoms with Crippen molar-refractivity contribution in [3.05, 3.63) is 16.7 Å². The second-order valence-electron chi connectivity index (χ2n) is 5.21. The van der Waals surface area contributed by atoms with Crippen molar-refractivity contribution in [2.75, 3.05) is 36.8 Å². The number of nitrogens with two attached hydrogens (primary N) is 1. The predicted molar refractivity (Wildman–Crippen MR) is 77.8 cm³/mol. The van der Waals surface area contributed by atoms with Gasteiger partial charge in [0.2, 0.25) is 0 Å². The number of aromatic nitrogens is 1. The summed E-state index contributed by atoms with van der Waals surface area (Å²) in [5.74, 6) is 1.04. The molecule has 0 amide bonds. The van der Waals surface area contributed by atoms with Crippen molar-refractivity contribution in [2.24, 2.45) is 0 Å². The van der Waals surface area contributed by atoms with Crippen molar-refractivity contribution in [1.82, 2.24) is 9.88 Å². The van der Waals surface area contributed by atoms with Gasteiger partial charge in [0.1, 0.15) is 5.82 Å². The summed E-state index contributed by atoms with van der Waals surface area (Å²) in [4.78, 5) is 9.53. The van der Waals surface area contributed by atoms with Crippen LogP contribution >= 0.6 is 15.9 Å². The SMILES string of the molecule is Nc1cnc(N2CCCN3CCCC3C2)c(Br)c1. The Kier molecular flexibility index (Phi) is 3.43. The molecule has 0 saturated carbocycles. The van der Waals surface area contributed by atoms with Crippen molar-refractivity contribution in [1.29, 1.82) is 0 Å². The molecular weight excluding hydrogens is 292 g/mol. The normalized spacial score (nSPS) is 24.9. The molecule has 18 heavy (non-hydrogen) atoms. The van der Waals surface area contributed by atoms with Gasteiger partial charge in [0.05, 0.1) is 16.4 Å². The van der Waals surface area contributed by atoms with E-state index in [-0.39, 0.29) is 0 Å². The summed E-state index contributed by atoms with van der Waals surface area (Å²) in [5.41, 5.74) is 6.47. The van der Waals surface area contributed by atoms with Crippen molar-refractivity contribution in [2.45, 2.75) is 25.3 Å². The van der Waals surface area contributed by atoms with E-state index in [1.54, 1.807) is 6.20 Å². The topological polar surface area (TPSA) is 45.4 Å². The third-order valence-corrected chi connectivity index (χ3v) is 4.53. The van der Waals surface area contributed by atoms with Crippen LogP contribution in [0.1, 0.15) is 19.3 Å². The van der Waals surface area contributed by atoms with Crippen LogP contribution in [0.5, 0.6) is 0 Å². The Morgan fingerprint density at radius 3 is 2.94 bits per heavy atom. The van der Waals surface area contributed by atoms with Gasteiger partial charge < -0.3 is 10.6 Å². The van der Waals surface area contributed by atoms with Crippen molar-refractivity contribution in [3.8, 4) is 0 Å². The Labute approximate surface area is 116 Å². The van der Waals surface area contributed by atoms with Crippen LogP contribution in [0.25, 0.3) is 0 Å². The molecule has 1 aromatic heterocycles. The first kappa shape index (κ1) is 12.2. The number of hydrogen-bond donors (Lipinski definition) is 1. The first-order chi connectivity index (χ1) is 8.74. The lowest BCUT2D eigenvalue weighted by Crippen LogP contribution is -2.37. The summed E-state index contributed by atoms with van der Waals surface area (Å²) in [7, 11) is 0. The molecule has 1 unspecified atom stereocenters. The average molecular weight is 311 g/mol. The highest BCUT2D eigenvalue weighted by molar-refractivity contribution is 9.10. The van der Waals surface area contributed by atoms with Gasteiger partial charge in [-0.15, -0.1) is 0 Å². The number of halogens is 1. The first-order valence-corrected chi connectivity index (χ1v) is 7.43. The molecule has 4 nitrogen and oxygen atoms in total. The van der Waals surface area contributed by atoms with E-state index in [1.807, 2.05) is 6.07 Å². The fourth-order valence-electron chi connectivity index (χ4n) is 3.08. The lowest BCUT2D eigenvalue weighted by atomic mass is 10.2. The van der Waals surface area contributed by atoms with E-state index >= 15 is 0 Å². The van der Waals surface area contributed by atoms with Crippen molar-refractivity contribution < 1.29 is 0 Å². The fourth-order valence-corrected chi connectivity index (χ4v) is 3.69. The number of nitrogens with zero attached hydrogens (tertiary/aromatic N) is 3. The Balaban J connectivity index is 1.82. The molecule has 2 aliphatic rings. The second-order valence-corrected chi connectivity index (χ2v) is 6.06. The number of rotatable bonds is 1. The highest BCUT2D eigenvalue weighted by atomic mass is 79.9. The van der Waals surface area contributed by atoms with Gasteiger partial charge in [-0.05, 0) is 47.8 Å². The van der Waals surface area contributed by atoms with Crippen molar-refractivity contribution >= 4 is 27.4 Å². The molecule has 0 bridgehead atoms. The fraction of sp³-hybridized carbons (Fsp3) is 0.615. The van der Waals surface area contributed by atoms with Gasteiger partial charge in [0, 0.05) is 25.7 Å². The summed E-state index contributed by atoms with van der Waals surface area (Å²) in [6, 6.07) is 2.65. The maximum atomic E-state index is 5.75. The molecule has 1 atom stereocenters. The van der Waals surface area contributed by atoms with Crippen LogP contribution in [0.15, 0.2) is 16.7 Å². The molecule has 5 heteroatoms. The number of fused-ring (bicyclic) bond motifs is 1. The first-order valence-electron chi connectivity index (χ1n) is 6.64. The molecule has 0 spiro atoms. The molecule has 98 valence electrons. The lowest BCUT2D eigenvalue weighted by molar-refractivity contribution is 0.273. The minimum absolute atomic E-state index is 0.707. The molecule has 0 aliphatic carbocycles. The third kappa shape index (κ3) is 2.34. The molecule has 3 rings (SSSR count). The van der Waals surface area contributed by atoms with Gasteiger partial charge in [-0.2, -0.15) is 0 Å². The van der Waals surface area contributed by atoms with E-state index < -0.39 is 0 Å². The van der Waals surface area contributed by atoms with Crippen LogP contribution in [-0.4, -0.2) is 42.1 Å². The molecule has 3 heterocycles. The summed E-state index contributed by atoms with van der Waals surface area (Å²) >= 11 is 3.58. The zero-order valence-electron chi connectivity index (χ0n) is 10.5. The van der Waals surface area contributed by atoms with Crippen LogP contribution in [0.2, 0.25) is 0 Å². The van der Waals surface area contributed by atoms with E-state index in [9.17, 15) is 0 Å². The maximum Gasteiger partial charge on any atom is 0.143 e. The van der Waals surface area contributed by atoms with E-state index in [4.69, 9.17) is 5.73 Å². The van der Waals surface area contributed by atoms with E-state index in [0.717, 1.165) is 23.4 Å². The minimum Gasteiger partial charge on any atom is -0.397 e. The molecule has 2 aliphatic heterocycles. The standard InChI is InChI=1S/C13H19BrN4/c14-12-7-10(15)8-16-13(12)18-6-2-5-17-4-1-3-11(17)9-18/h7-8,11H,1-6,9,15H2. The summed E-state index contributed by atoms with van der Waals surface area (Å²) in [5, 5.41) is 0. The largest absolute Gasteiger partial charge is 0.397 e. The van der Waals surface area contributed by atoms with Gasteiger partial charge in [-0.1, -0.05) is 0 Å². The molecular formula is C13H19BrN4. The van der Waals surface area contributed by atoms with E-state index in [2.05, 4.69) is 30.7 Å². The Morgan fingerprint density at radius 1 is 1.28 bits per heavy atom. The average Bonchev–Trinajstić information content (AvgIpc) is 2.67. The van der Waals surface area contributed by atoms with E-state index in [1.165, 1.54) is 32.4 Å². The van der Waals surface area contributed by atoms with Crippen LogP contribution < -0.4 is 10.6 Å². The van der Waals surface area contributed by atoms with E-state index in [0.29, 0.717) is 11.7 Å². The number of hydrogen-bond acceptors (Lipinski definition) is 4.